The Morgan fingerprint density at radius 1 is 1.38 bits per heavy atom. The third-order valence-corrected chi connectivity index (χ3v) is 2.33. The predicted octanol–water partition coefficient (Wildman–Crippen LogP) is -2.11. The highest BCUT2D eigenvalue weighted by Gasteiger charge is 2.25. The molecule has 96 valence electrons. The van der Waals surface area contributed by atoms with Crippen LogP contribution in [-0.4, -0.2) is 58.1 Å². The van der Waals surface area contributed by atoms with Crippen molar-refractivity contribution in [2.24, 2.45) is 5.73 Å². The SMILES string of the molecule is N[C@@H](COP(=O)(O)OCC(O)CO)C(=O)O. The lowest BCUT2D eigenvalue weighted by molar-refractivity contribution is -0.139. The molecule has 6 N–H and O–H groups in total. The molecule has 0 aromatic rings. The number of aliphatic carboxylic acids is 1. The zero-order valence-electron chi connectivity index (χ0n) is 8.22. The van der Waals surface area contributed by atoms with E-state index >= 15 is 0 Å². The van der Waals surface area contributed by atoms with E-state index in [1.54, 1.807) is 0 Å². The van der Waals surface area contributed by atoms with Crippen LogP contribution in [0.1, 0.15) is 0 Å². The molecule has 0 saturated carbocycles. The topological polar surface area (TPSA) is 160 Å². The van der Waals surface area contributed by atoms with Crippen molar-refractivity contribution in [3.8, 4) is 0 Å². The molecule has 0 aliphatic rings. The zero-order chi connectivity index (χ0) is 12.8. The first-order chi connectivity index (χ1) is 7.28. The third-order valence-electron chi connectivity index (χ3n) is 1.38. The minimum Gasteiger partial charge on any atom is -0.480 e. The summed E-state index contributed by atoms with van der Waals surface area (Å²) in [5.74, 6) is -1.39. The fourth-order valence-corrected chi connectivity index (χ4v) is 1.30. The smallest absolute Gasteiger partial charge is 0.472 e. The van der Waals surface area contributed by atoms with Crippen LogP contribution < -0.4 is 5.73 Å². The van der Waals surface area contributed by atoms with Gasteiger partial charge in [0.1, 0.15) is 12.1 Å². The van der Waals surface area contributed by atoms with E-state index in [1.807, 2.05) is 0 Å². The normalized spacial score (nSPS) is 18.8. The van der Waals surface area contributed by atoms with Crippen molar-refractivity contribution in [1.82, 2.24) is 0 Å². The first-order valence-corrected chi connectivity index (χ1v) is 5.67. The highest BCUT2D eigenvalue weighted by molar-refractivity contribution is 7.47. The van der Waals surface area contributed by atoms with Gasteiger partial charge in [-0.15, -0.1) is 0 Å². The van der Waals surface area contributed by atoms with Crippen LogP contribution in [0.5, 0.6) is 0 Å². The fourth-order valence-electron chi connectivity index (χ4n) is 0.516. The maximum Gasteiger partial charge on any atom is 0.472 e. The molecular weight excluding hydrogens is 245 g/mol. The van der Waals surface area contributed by atoms with E-state index < -0.39 is 45.8 Å². The van der Waals surface area contributed by atoms with Crippen LogP contribution in [0.3, 0.4) is 0 Å². The Labute approximate surface area is 91.0 Å². The van der Waals surface area contributed by atoms with Crippen LogP contribution in [0.25, 0.3) is 0 Å². The van der Waals surface area contributed by atoms with Gasteiger partial charge in [0.2, 0.25) is 0 Å². The van der Waals surface area contributed by atoms with Gasteiger partial charge in [-0.3, -0.25) is 13.8 Å². The number of carboxylic acids is 1. The summed E-state index contributed by atoms with van der Waals surface area (Å²) in [5.41, 5.74) is 5.00. The number of phosphoric acid groups is 1. The third kappa shape index (κ3) is 6.85. The van der Waals surface area contributed by atoms with E-state index in [9.17, 15) is 9.36 Å². The number of rotatable bonds is 8. The summed E-state index contributed by atoms with van der Waals surface area (Å²) in [6.07, 6.45) is -1.32. The molecule has 16 heavy (non-hydrogen) atoms. The summed E-state index contributed by atoms with van der Waals surface area (Å²) in [4.78, 5) is 19.2. The van der Waals surface area contributed by atoms with Crippen molar-refractivity contribution in [2.45, 2.75) is 12.1 Å². The number of carboxylic acid groups (broad SMARTS) is 1. The van der Waals surface area contributed by atoms with Gasteiger partial charge in [0.15, 0.2) is 0 Å². The maximum absolute atomic E-state index is 11.0. The minimum atomic E-state index is -4.47. The lowest BCUT2D eigenvalue weighted by Gasteiger charge is -2.15. The Morgan fingerprint density at radius 3 is 2.31 bits per heavy atom. The van der Waals surface area contributed by atoms with Crippen molar-refractivity contribution >= 4 is 13.8 Å². The second-order valence-corrected chi connectivity index (χ2v) is 4.29. The van der Waals surface area contributed by atoms with Crippen molar-refractivity contribution in [2.75, 3.05) is 19.8 Å². The second-order valence-electron chi connectivity index (χ2n) is 2.84. The predicted molar refractivity (Wildman–Crippen MR) is 50.4 cm³/mol. The fraction of sp³-hybridized carbons (Fsp3) is 0.833. The molecule has 0 radical (unpaired) electrons. The van der Waals surface area contributed by atoms with Gasteiger partial charge in [-0.25, -0.2) is 4.57 Å². The molecule has 0 aromatic heterocycles. The number of phosphoric ester groups is 1. The molecule has 9 nitrogen and oxygen atoms in total. The number of carbonyl (C=O) groups is 1. The molecule has 0 rings (SSSR count). The Kier molecular flexibility index (Phi) is 6.68. The molecule has 0 bridgehead atoms. The lowest BCUT2D eigenvalue weighted by atomic mass is 10.3. The molecule has 10 heteroatoms. The summed E-state index contributed by atoms with van der Waals surface area (Å²) in [6, 6.07) is -1.45. The Morgan fingerprint density at radius 2 is 1.88 bits per heavy atom. The maximum atomic E-state index is 11.0. The van der Waals surface area contributed by atoms with Gasteiger partial charge in [-0.2, -0.15) is 0 Å². The number of hydrogen-bond acceptors (Lipinski definition) is 7. The summed E-state index contributed by atoms with van der Waals surface area (Å²) in [7, 11) is -4.47. The average molecular weight is 259 g/mol. The van der Waals surface area contributed by atoms with Gasteiger partial charge in [-0.1, -0.05) is 0 Å². The van der Waals surface area contributed by atoms with E-state index in [-0.39, 0.29) is 0 Å². The quantitative estimate of drug-likeness (QED) is 0.307. The summed E-state index contributed by atoms with van der Waals surface area (Å²) >= 11 is 0. The molecule has 2 unspecified atom stereocenters. The monoisotopic (exact) mass is 259 g/mol. The molecule has 0 heterocycles. The largest absolute Gasteiger partial charge is 0.480 e. The highest BCUT2D eigenvalue weighted by atomic mass is 31.2. The number of nitrogens with two attached hydrogens (primary N) is 1. The van der Waals surface area contributed by atoms with Crippen LogP contribution in [0.15, 0.2) is 0 Å². The first kappa shape index (κ1) is 15.5. The van der Waals surface area contributed by atoms with Crippen molar-refractivity contribution in [3.05, 3.63) is 0 Å². The van der Waals surface area contributed by atoms with Gasteiger partial charge in [-0.05, 0) is 0 Å². The van der Waals surface area contributed by atoms with Crippen molar-refractivity contribution in [3.63, 3.8) is 0 Å². The minimum absolute atomic E-state index is 0.618. The van der Waals surface area contributed by atoms with E-state index in [0.29, 0.717) is 0 Å². The molecular formula is C6H14NO8P. The molecule has 3 atom stereocenters. The van der Waals surface area contributed by atoms with Gasteiger partial charge >= 0.3 is 13.8 Å². The molecule has 0 aromatic carbocycles. The van der Waals surface area contributed by atoms with Gasteiger partial charge in [0, 0.05) is 0 Å². The summed E-state index contributed by atoms with van der Waals surface area (Å²) in [5, 5.41) is 25.5. The molecule has 0 spiro atoms. The lowest BCUT2D eigenvalue weighted by Crippen LogP contribution is -2.34. The Balaban J connectivity index is 3.96. The molecule has 0 aliphatic carbocycles. The highest BCUT2D eigenvalue weighted by Crippen LogP contribution is 2.43. The second kappa shape index (κ2) is 6.92. The van der Waals surface area contributed by atoms with E-state index in [1.165, 1.54) is 0 Å². The standard InChI is InChI=1S/C6H14NO8P/c7-5(6(10)11)3-15-16(12,13)14-2-4(9)1-8/h4-5,8-9H,1-3,7H2,(H,10,11)(H,12,13)/t4?,5-/m0/s1. The van der Waals surface area contributed by atoms with Crippen LogP contribution in [0, 0.1) is 0 Å². The number of aliphatic hydroxyl groups is 2. The van der Waals surface area contributed by atoms with Crippen LogP contribution in [0.2, 0.25) is 0 Å². The molecule has 0 amide bonds. The van der Waals surface area contributed by atoms with Crippen molar-refractivity contribution in [1.29, 1.82) is 0 Å². The molecule has 0 saturated heterocycles. The van der Waals surface area contributed by atoms with Gasteiger partial charge < -0.3 is 25.9 Å². The van der Waals surface area contributed by atoms with Crippen molar-refractivity contribution < 1.29 is 38.6 Å². The van der Waals surface area contributed by atoms with Gasteiger partial charge in [0.25, 0.3) is 0 Å². The van der Waals surface area contributed by atoms with E-state index in [2.05, 4.69) is 9.05 Å². The average Bonchev–Trinajstić information content (AvgIpc) is 2.22. The summed E-state index contributed by atoms with van der Waals surface area (Å²) in [6.45, 7) is -1.97. The number of hydrogen-bond donors (Lipinski definition) is 5. The number of aliphatic hydroxyl groups excluding tert-OH is 2. The van der Waals surface area contributed by atoms with Crippen LogP contribution in [0.4, 0.5) is 0 Å². The Bertz CT molecular complexity index is 271. The zero-order valence-corrected chi connectivity index (χ0v) is 9.12. The Hall–Kier alpha value is -0.540. The van der Waals surface area contributed by atoms with Gasteiger partial charge in [0.05, 0.1) is 19.8 Å². The summed E-state index contributed by atoms with van der Waals surface area (Å²) < 4.78 is 19.5. The van der Waals surface area contributed by atoms with Crippen LogP contribution in [-0.2, 0) is 18.4 Å². The molecule has 0 aliphatic heterocycles. The van der Waals surface area contributed by atoms with E-state index in [4.69, 9.17) is 25.9 Å². The van der Waals surface area contributed by atoms with E-state index in [0.717, 1.165) is 0 Å². The molecule has 0 fully saturated rings. The first-order valence-electron chi connectivity index (χ1n) is 4.17. The van der Waals surface area contributed by atoms with Crippen LogP contribution >= 0.6 is 7.82 Å².